The first kappa shape index (κ1) is 37.5. The molecule has 0 radical (unpaired) electrons. The smallest absolute Gasteiger partial charge is 0.316 e. The SMILES string of the molecule is CN(C)c1ccc(C(=O)[C@@H](NC(=O)N[C@H](C(=O)N2C[C@H]3[C@@H]([C@H]2C(=O)CC(CC2CC2)C(=O)C(N)=O)C3(C)C)C(C)(C)C)C2CCCCC2)cc1. The first-order valence-electron chi connectivity index (χ1n) is 18.5. The number of carbonyl (C=O) groups excluding carboxylic acids is 6. The van der Waals surface area contributed by atoms with Crippen LogP contribution in [0.4, 0.5) is 10.5 Å². The zero-order valence-corrected chi connectivity index (χ0v) is 30.9. The van der Waals surface area contributed by atoms with E-state index in [9.17, 15) is 28.8 Å². The fourth-order valence-electron chi connectivity index (χ4n) is 8.58. The zero-order valence-electron chi connectivity index (χ0n) is 30.9. The summed E-state index contributed by atoms with van der Waals surface area (Å²) in [5.41, 5.74) is 5.96. The van der Waals surface area contributed by atoms with Crippen molar-refractivity contribution in [2.45, 2.75) is 111 Å². The third-order valence-electron chi connectivity index (χ3n) is 11.9. The van der Waals surface area contributed by atoms with E-state index in [4.69, 9.17) is 5.73 Å². The summed E-state index contributed by atoms with van der Waals surface area (Å²) in [4.78, 5) is 84.5. The van der Waals surface area contributed by atoms with E-state index in [0.29, 0.717) is 24.4 Å². The minimum Gasteiger partial charge on any atom is -0.378 e. The molecule has 11 nitrogen and oxygen atoms in total. The number of amides is 4. The molecule has 0 bridgehead atoms. The molecule has 4 fully saturated rings. The van der Waals surface area contributed by atoms with Gasteiger partial charge in [0.25, 0.3) is 5.91 Å². The summed E-state index contributed by atoms with van der Waals surface area (Å²) in [6.07, 6.45) is 6.92. The number of fused-ring (bicyclic) bond motifs is 1. The molecule has 4 amide bonds. The molecule has 0 aromatic heterocycles. The van der Waals surface area contributed by atoms with E-state index in [1.54, 1.807) is 17.0 Å². The van der Waals surface area contributed by atoms with Gasteiger partial charge < -0.3 is 26.2 Å². The van der Waals surface area contributed by atoms with Gasteiger partial charge in [0.2, 0.25) is 11.7 Å². The molecule has 1 aromatic rings. The van der Waals surface area contributed by atoms with Crippen LogP contribution in [-0.4, -0.2) is 78.9 Å². The third-order valence-corrected chi connectivity index (χ3v) is 11.9. The maximum Gasteiger partial charge on any atom is 0.316 e. The van der Waals surface area contributed by atoms with Crippen LogP contribution >= 0.6 is 0 Å². The summed E-state index contributed by atoms with van der Waals surface area (Å²) >= 11 is 0. The van der Waals surface area contributed by atoms with Crippen LogP contribution in [-0.2, 0) is 19.2 Å². The van der Waals surface area contributed by atoms with Gasteiger partial charge in [0, 0.05) is 44.2 Å². The standard InChI is InChI=1S/C39H57N5O6/c1-38(2,3)34(42-37(50)41-30(23-11-9-8-10-12-23)32(46)24-15-17-26(18-16-24)43(6)7)36(49)44-21-27-29(39(27,4)5)31(44)28(45)20-25(19-22-13-14-22)33(47)35(40)48/h15-18,22-23,25,27,29-31,34H,8-14,19-21H2,1-7H3,(H2,40,48)(H2,41,42,50)/t25?,27-,29-,30-,31+,34+/m0/s1. The second-order valence-electron chi connectivity index (χ2n) is 17.3. The number of rotatable bonds is 14. The molecule has 1 unspecified atom stereocenters. The highest BCUT2D eigenvalue weighted by atomic mass is 16.2. The predicted octanol–water partition coefficient (Wildman–Crippen LogP) is 4.51. The van der Waals surface area contributed by atoms with Gasteiger partial charge in [-0.25, -0.2) is 4.79 Å². The monoisotopic (exact) mass is 691 g/mol. The van der Waals surface area contributed by atoms with Crippen LogP contribution in [0, 0.1) is 40.4 Å². The molecule has 1 aliphatic heterocycles. The molecule has 4 N–H and O–H groups in total. The summed E-state index contributed by atoms with van der Waals surface area (Å²) in [7, 11) is 3.86. The molecule has 11 heteroatoms. The van der Waals surface area contributed by atoms with Gasteiger partial charge in [-0.2, -0.15) is 0 Å². The van der Waals surface area contributed by atoms with Crippen molar-refractivity contribution in [2.24, 2.45) is 46.2 Å². The molecule has 0 spiro atoms. The van der Waals surface area contributed by atoms with Gasteiger partial charge in [-0.3, -0.25) is 24.0 Å². The van der Waals surface area contributed by atoms with Crippen LogP contribution < -0.4 is 21.3 Å². The molecule has 5 rings (SSSR count). The van der Waals surface area contributed by atoms with E-state index in [1.807, 2.05) is 51.9 Å². The van der Waals surface area contributed by atoms with Crippen molar-refractivity contribution in [1.82, 2.24) is 15.5 Å². The van der Waals surface area contributed by atoms with Gasteiger partial charge in [-0.15, -0.1) is 0 Å². The van der Waals surface area contributed by atoms with Gasteiger partial charge in [0.15, 0.2) is 11.6 Å². The second-order valence-corrected chi connectivity index (χ2v) is 17.3. The Hall–Kier alpha value is -3.76. The Morgan fingerprint density at radius 1 is 0.940 bits per heavy atom. The lowest BCUT2D eigenvalue weighted by Gasteiger charge is -2.38. The van der Waals surface area contributed by atoms with E-state index in [0.717, 1.165) is 50.6 Å². The summed E-state index contributed by atoms with van der Waals surface area (Å²) in [5.74, 6) is -3.01. The molecular formula is C39H57N5O6. The number of carbonyl (C=O) groups is 6. The fourth-order valence-corrected chi connectivity index (χ4v) is 8.58. The molecule has 6 atom stereocenters. The highest BCUT2D eigenvalue weighted by Gasteiger charge is 2.69. The Balaban J connectivity index is 1.34. The Bertz CT molecular complexity index is 1490. The summed E-state index contributed by atoms with van der Waals surface area (Å²) in [6.45, 7) is 10.1. The Kier molecular flexibility index (Phi) is 10.8. The van der Waals surface area contributed by atoms with Crippen LogP contribution in [0.15, 0.2) is 24.3 Å². The highest BCUT2D eigenvalue weighted by Crippen LogP contribution is 2.65. The molecule has 1 saturated heterocycles. The number of nitrogens with zero attached hydrogens (tertiary/aromatic N) is 2. The van der Waals surface area contributed by atoms with Crippen molar-refractivity contribution in [3.63, 3.8) is 0 Å². The number of nitrogens with two attached hydrogens (primary N) is 1. The average molecular weight is 692 g/mol. The largest absolute Gasteiger partial charge is 0.378 e. The van der Waals surface area contributed by atoms with E-state index in [2.05, 4.69) is 24.5 Å². The van der Waals surface area contributed by atoms with Crippen LogP contribution in [0.5, 0.6) is 0 Å². The summed E-state index contributed by atoms with van der Waals surface area (Å²) in [5, 5.41) is 5.90. The molecule has 50 heavy (non-hydrogen) atoms. The molecule has 274 valence electrons. The number of anilines is 1. The van der Waals surface area contributed by atoms with Crippen LogP contribution in [0.2, 0.25) is 0 Å². The Morgan fingerprint density at radius 3 is 2.10 bits per heavy atom. The number of primary amides is 1. The zero-order chi connectivity index (χ0) is 36.7. The topological polar surface area (TPSA) is 159 Å². The lowest BCUT2D eigenvalue weighted by atomic mass is 9.81. The van der Waals surface area contributed by atoms with Gasteiger partial charge >= 0.3 is 6.03 Å². The van der Waals surface area contributed by atoms with Gasteiger partial charge in [-0.1, -0.05) is 66.7 Å². The number of ketones is 3. The van der Waals surface area contributed by atoms with Crippen molar-refractivity contribution in [1.29, 1.82) is 0 Å². The third kappa shape index (κ3) is 8.07. The second kappa shape index (κ2) is 14.5. The lowest BCUT2D eigenvalue weighted by molar-refractivity contribution is -0.144. The van der Waals surface area contributed by atoms with E-state index in [1.165, 1.54) is 0 Å². The molecule has 1 heterocycles. The van der Waals surface area contributed by atoms with Crippen molar-refractivity contribution < 1.29 is 28.8 Å². The number of hydrogen-bond acceptors (Lipinski definition) is 7. The number of urea groups is 1. The van der Waals surface area contributed by atoms with Crippen molar-refractivity contribution >= 4 is 40.9 Å². The maximum atomic E-state index is 14.5. The summed E-state index contributed by atoms with van der Waals surface area (Å²) in [6, 6.07) is 4.24. The van der Waals surface area contributed by atoms with Crippen molar-refractivity contribution in [2.75, 3.05) is 25.5 Å². The lowest BCUT2D eigenvalue weighted by Crippen LogP contribution is -2.61. The quantitative estimate of drug-likeness (QED) is 0.191. The first-order valence-corrected chi connectivity index (χ1v) is 18.5. The Morgan fingerprint density at radius 2 is 1.56 bits per heavy atom. The van der Waals surface area contributed by atoms with Crippen LogP contribution in [0.25, 0.3) is 0 Å². The molecule has 3 saturated carbocycles. The molecular weight excluding hydrogens is 634 g/mol. The number of piperidine rings is 1. The van der Waals surface area contributed by atoms with Gasteiger partial charge in [0.1, 0.15) is 6.04 Å². The number of Topliss-reactive ketones (excluding diaryl/α,β-unsaturated/α-hetero) is 3. The normalized spacial score (nSPS) is 24.7. The van der Waals surface area contributed by atoms with Gasteiger partial charge in [-0.05, 0) is 78.0 Å². The minimum atomic E-state index is -1.04. The van der Waals surface area contributed by atoms with Crippen molar-refractivity contribution in [3.05, 3.63) is 29.8 Å². The van der Waals surface area contributed by atoms with Crippen molar-refractivity contribution in [3.8, 4) is 0 Å². The molecule has 1 aromatic carbocycles. The van der Waals surface area contributed by atoms with Gasteiger partial charge in [0.05, 0.1) is 12.1 Å². The average Bonchev–Trinajstić information content (AvgIpc) is 3.92. The van der Waals surface area contributed by atoms with Crippen LogP contribution in [0.1, 0.15) is 103 Å². The first-order chi connectivity index (χ1) is 23.4. The molecule has 3 aliphatic carbocycles. The predicted molar refractivity (Wildman–Crippen MR) is 191 cm³/mol. The number of benzene rings is 1. The number of likely N-dealkylation sites (tertiary alicyclic amines) is 1. The number of hydrogen-bond donors (Lipinski definition) is 3. The van der Waals surface area contributed by atoms with E-state index < -0.39 is 47.2 Å². The van der Waals surface area contributed by atoms with E-state index >= 15 is 0 Å². The highest BCUT2D eigenvalue weighted by molar-refractivity contribution is 6.36. The number of nitrogens with one attached hydrogen (secondary N) is 2. The minimum absolute atomic E-state index is 0.0269. The fraction of sp³-hybridized carbons (Fsp3) is 0.692. The molecule has 4 aliphatic rings. The maximum absolute atomic E-state index is 14.5. The van der Waals surface area contributed by atoms with E-state index in [-0.39, 0.29) is 47.1 Å². The van der Waals surface area contributed by atoms with Crippen LogP contribution in [0.3, 0.4) is 0 Å². The summed E-state index contributed by atoms with van der Waals surface area (Å²) < 4.78 is 0. The Labute approximate surface area is 296 Å².